The molecule has 1 aliphatic heterocycles. The van der Waals surface area contributed by atoms with E-state index in [1.54, 1.807) is 13.3 Å². The lowest BCUT2D eigenvalue weighted by Crippen LogP contribution is -2.27. The minimum Gasteiger partial charge on any atom is -0.381 e. The number of methoxy groups -OCH3 is 1. The van der Waals surface area contributed by atoms with Crippen molar-refractivity contribution in [2.75, 3.05) is 25.5 Å². The van der Waals surface area contributed by atoms with Gasteiger partial charge in [0.15, 0.2) is 0 Å². The molecule has 1 aliphatic rings. The number of benzene rings is 1. The van der Waals surface area contributed by atoms with Gasteiger partial charge in [-0.25, -0.2) is 4.98 Å². The SMILES string of the molecule is CO[C@@H](C)CC(=O)Nc1ncccc1CN1CCc2ccccc2CC1. The van der Waals surface area contributed by atoms with Crippen LogP contribution in [0.1, 0.15) is 30.0 Å². The van der Waals surface area contributed by atoms with Gasteiger partial charge in [0.25, 0.3) is 0 Å². The number of hydrogen-bond acceptors (Lipinski definition) is 4. The van der Waals surface area contributed by atoms with E-state index in [9.17, 15) is 4.79 Å². The van der Waals surface area contributed by atoms with E-state index in [4.69, 9.17) is 4.74 Å². The first-order valence-corrected chi connectivity index (χ1v) is 9.21. The molecule has 3 rings (SSSR count). The summed E-state index contributed by atoms with van der Waals surface area (Å²) in [5, 5.41) is 2.94. The Morgan fingerprint density at radius 1 is 1.19 bits per heavy atom. The van der Waals surface area contributed by atoms with Crippen LogP contribution < -0.4 is 5.32 Å². The Kier molecular flexibility index (Phi) is 6.36. The van der Waals surface area contributed by atoms with Gasteiger partial charge < -0.3 is 10.1 Å². The van der Waals surface area contributed by atoms with E-state index in [2.05, 4.69) is 39.5 Å². The molecule has 0 bridgehead atoms. The van der Waals surface area contributed by atoms with Crippen LogP contribution in [-0.2, 0) is 28.9 Å². The molecule has 0 aliphatic carbocycles. The van der Waals surface area contributed by atoms with Gasteiger partial charge in [0, 0.05) is 38.5 Å². The number of nitrogens with one attached hydrogen (secondary N) is 1. The summed E-state index contributed by atoms with van der Waals surface area (Å²) in [5.41, 5.74) is 3.95. The average Bonchev–Trinajstić information content (AvgIpc) is 2.86. The molecule has 2 heterocycles. The second kappa shape index (κ2) is 8.92. The normalized spacial score (nSPS) is 15.8. The molecule has 5 nitrogen and oxygen atoms in total. The number of fused-ring (bicyclic) bond motifs is 1. The number of carbonyl (C=O) groups excluding carboxylic acids is 1. The first kappa shape index (κ1) is 18.5. The molecule has 138 valence electrons. The smallest absolute Gasteiger partial charge is 0.228 e. The standard InChI is InChI=1S/C21H27N3O2/c1-16(26-2)14-20(25)23-21-19(8-5-11-22-21)15-24-12-9-17-6-3-4-7-18(17)10-13-24/h3-8,11,16H,9-10,12-15H2,1-2H3,(H,22,23,25)/t16-/m0/s1. The number of amides is 1. The summed E-state index contributed by atoms with van der Waals surface area (Å²) < 4.78 is 5.17. The predicted octanol–water partition coefficient (Wildman–Crippen LogP) is 3.05. The molecule has 0 spiro atoms. The highest BCUT2D eigenvalue weighted by molar-refractivity contribution is 5.90. The van der Waals surface area contributed by atoms with E-state index in [-0.39, 0.29) is 12.0 Å². The van der Waals surface area contributed by atoms with E-state index in [0.29, 0.717) is 12.2 Å². The molecule has 0 fully saturated rings. The highest BCUT2D eigenvalue weighted by Crippen LogP contribution is 2.19. The molecule has 0 saturated carbocycles. The van der Waals surface area contributed by atoms with Gasteiger partial charge in [-0.2, -0.15) is 0 Å². The largest absolute Gasteiger partial charge is 0.381 e. The molecular weight excluding hydrogens is 326 g/mol. The molecule has 1 amide bonds. The second-order valence-electron chi connectivity index (χ2n) is 6.85. The van der Waals surface area contributed by atoms with E-state index < -0.39 is 0 Å². The van der Waals surface area contributed by atoms with Crippen LogP contribution in [0.3, 0.4) is 0 Å². The number of rotatable bonds is 6. The van der Waals surface area contributed by atoms with E-state index in [0.717, 1.165) is 38.0 Å². The van der Waals surface area contributed by atoms with Crippen molar-refractivity contribution >= 4 is 11.7 Å². The summed E-state index contributed by atoms with van der Waals surface area (Å²) in [4.78, 5) is 19.0. The van der Waals surface area contributed by atoms with Crippen molar-refractivity contribution in [3.63, 3.8) is 0 Å². The van der Waals surface area contributed by atoms with E-state index in [1.165, 1.54) is 11.1 Å². The van der Waals surface area contributed by atoms with E-state index in [1.807, 2.05) is 19.1 Å². The quantitative estimate of drug-likeness (QED) is 0.867. The molecule has 26 heavy (non-hydrogen) atoms. The summed E-state index contributed by atoms with van der Waals surface area (Å²) in [5.74, 6) is 0.588. The topological polar surface area (TPSA) is 54.5 Å². The fourth-order valence-electron chi connectivity index (χ4n) is 3.32. The van der Waals surface area contributed by atoms with Gasteiger partial charge in [-0.3, -0.25) is 9.69 Å². The zero-order chi connectivity index (χ0) is 18.4. The maximum Gasteiger partial charge on any atom is 0.228 e. The average molecular weight is 353 g/mol. The second-order valence-corrected chi connectivity index (χ2v) is 6.85. The van der Waals surface area contributed by atoms with Gasteiger partial charge in [0.1, 0.15) is 5.82 Å². The van der Waals surface area contributed by atoms with Crippen molar-refractivity contribution in [2.24, 2.45) is 0 Å². The lowest BCUT2D eigenvalue weighted by atomic mass is 10.0. The fraction of sp³-hybridized carbons (Fsp3) is 0.429. The monoisotopic (exact) mass is 353 g/mol. The lowest BCUT2D eigenvalue weighted by Gasteiger charge is -2.21. The minimum absolute atomic E-state index is 0.0671. The van der Waals surface area contributed by atoms with Gasteiger partial charge in [-0.15, -0.1) is 0 Å². The zero-order valence-electron chi connectivity index (χ0n) is 15.6. The van der Waals surface area contributed by atoms with Crippen molar-refractivity contribution in [1.29, 1.82) is 0 Å². The summed E-state index contributed by atoms with van der Waals surface area (Å²) in [6.07, 6.45) is 4.06. The molecule has 2 aromatic rings. The molecule has 0 saturated heterocycles. The summed E-state index contributed by atoms with van der Waals surface area (Å²) in [6.45, 7) is 4.70. The highest BCUT2D eigenvalue weighted by atomic mass is 16.5. The van der Waals surface area contributed by atoms with Crippen LogP contribution in [0.25, 0.3) is 0 Å². The van der Waals surface area contributed by atoms with Gasteiger partial charge in [-0.1, -0.05) is 30.3 Å². The van der Waals surface area contributed by atoms with Crippen molar-refractivity contribution in [3.05, 3.63) is 59.3 Å². The molecule has 1 atom stereocenters. The van der Waals surface area contributed by atoms with Crippen LogP contribution in [0, 0.1) is 0 Å². The number of aromatic nitrogens is 1. The Bertz CT molecular complexity index is 721. The molecule has 5 heteroatoms. The van der Waals surface area contributed by atoms with Crippen molar-refractivity contribution < 1.29 is 9.53 Å². The number of pyridine rings is 1. The van der Waals surface area contributed by atoms with Crippen molar-refractivity contribution in [1.82, 2.24) is 9.88 Å². The van der Waals surface area contributed by atoms with Crippen LogP contribution in [0.4, 0.5) is 5.82 Å². The number of carbonyl (C=O) groups is 1. The third-order valence-electron chi connectivity index (χ3n) is 4.93. The van der Waals surface area contributed by atoms with Crippen LogP contribution in [0.5, 0.6) is 0 Å². The Balaban J connectivity index is 1.64. The highest BCUT2D eigenvalue weighted by Gasteiger charge is 2.17. The van der Waals surface area contributed by atoms with E-state index >= 15 is 0 Å². The first-order valence-electron chi connectivity index (χ1n) is 9.21. The van der Waals surface area contributed by atoms with Crippen LogP contribution in [0.15, 0.2) is 42.6 Å². The first-order chi connectivity index (χ1) is 12.7. The Labute approximate surface area is 155 Å². The lowest BCUT2D eigenvalue weighted by molar-refractivity contribution is -0.118. The molecule has 1 aromatic carbocycles. The summed E-state index contributed by atoms with van der Waals surface area (Å²) >= 11 is 0. The van der Waals surface area contributed by atoms with Gasteiger partial charge >= 0.3 is 0 Å². The maximum atomic E-state index is 12.2. The summed E-state index contributed by atoms with van der Waals surface area (Å²) in [7, 11) is 1.61. The van der Waals surface area contributed by atoms with Crippen molar-refractivity contribution in [2.45, 2.75) is 38.8 Å². The molecule has 0 radical (unpaired) electrons. The maximum absolute atomic E-state index is 12.2. The third-order valence-corrected chi connectivity index (χ3v) is 4.93. The third kappa shape index (κ3) is 4.90. The molecule has 0 unspecified atom stereocenters. The Morgan fingerprint density at radius 3 is 2.54 bits per heavy atom. The van der Waals surface area contributed by atoms with Gasteiger partial charge in [0.2, 0.25) is 5.91 Å². The Morgan fingerprint density at radius 2 is 1.88 bits per heavy atom. The number of hydrogen-bond donors (Lipinski definition) is 1. The van der Waals surface area contributed by atoms with Crippen LogP contribution >= 0.6 is 0 Å². The fourth-order valence-corrected chi connectivity index (χ4v) is 3.32. The molecule has 1 aromatic heterocycles. The molecular formula is C21H27N3O2. The van der Waals surface area contributed by atoms with Crippen molar-refractivity contribution in [3.8, 4) is 0 Å². The minimum atomic E-state index is -0.105. The summed E-state index contributed by atoms with van der Waals surface area (Å²) in [6, 6.07) is 12.7. The number of ether oxygens (including phenoxy) is 1. The van der Waals surface area contributed by atoms with Gasteiger partial charge in [0.05, 0.1) is 12.5 Å². The zero-order valence-corrected chi connectivity index (χ0v) is 15.6. The number of anilines is 1. The predicted molar refractivity (Wildman–Crippen MR) is 103 cm³/mol. The Hall–Kier alpha value is -2.24. The van der Waals surface area contributed by atoms with Gasteiger partial charge in [-0.05, 0) is 37.0 Å². The molecule has 1 N–H and O–H groups in total. The van der Waals surface area contributed by atoms with Crippen LogP contribution in [0.2, 0.25) is 0 Å². The van der Waals surface area contributed by atoms with Crippen LogP contribution in [-0.4, -0.2) is 42.1 Å². The number of nitrogens with zero attached hydrogens (tertiary/aromatic N) is 2.